The quantitative estimate of drug-likeness (QED) is 0.512. The number of nitrogens with zero attached hydrogens (tertiary/aromatic N) is 1. The van der Waals surface area contributed by atoms with Crippen molar-refractivity contribution in [1.29, 1.82) is 0 Å². The predicted molar refractivity (Wildman–Crippen MR) is 69.1 cm³/mol. The van der Waals surface area contributed by atoms with Gasteiger partial charge in [0.1, 0.15) is 5.69 Å². The van der Waals surface area contributed by atoms with Gasteiger partial charge in [-0.1, -0.05) is 0 Å². The van der Waals surface area contributed by atoms with Crippen molar-refractivity contribution in [2.45, 2.75) is 0 Å². The zero-order valence-corrected chi connectivity index (χ0v) is 12.5. The number of halogens is 3. The van der Waals surface area contributed by atoms with Crippen LogP contribution in [0, 0.1) is 0 Å². The standard InChI is InChI=1S/C9H11Br3N/c1-13(2,3)7-5-4-6(10)8(11)9(7)12/h4-5H,1-3H3/q+1. The van der Waals surface area contributed by atoms with Gasteiger partial charge in [-0.15, -0.1) is 0 Å². The third kappa shape index (κ3) is 2.55. The molecule has 1 nitrogen and oxygen atoms in total. The van der Waals surface area contributed by atoms with Gasteiger partial charge in [0.25, 0.3) is 0 Å². The summed E-state index contributed by atoms with van der Waals surface area (Å²) in [4.78, 5) is 0. The van der Waals surface area contributed by atoms with Gasteiger partial charge in [0, 0.05) is 10.5 Å². The minimum atomic E-state index is 0.798. The van der Waals surface area contributed by atoms with Gasteiger partial charge in [-0.25, -0.2) is 0 Å². The normalized spacial score (nSPS) is 11.8. The van der Waals surface area contributed by atoms with Gasteiger partial charge >= 0.3 is 0 Å². The minimum absolute atomic E-state index is 0.798. The Kier molecular flexibility index (Phi) is 3.60. The first-order chi connectivity index (χ1) is 5.84. The fourth-order valence-electron chi connectivity index (χ4n) is 1.03. The van der Waals surface area contributed by atoms with Gasteiger partial charge in [0.15, 0.2) is 0 Å². The van der Waals surface area contributed by atoms with Crippen LogP contribution in [0.15, 0.2) is 25.6 Å². The Morgan fingerprint density at radius 2 is 1.46 bits per heavy atom. The van der Waals surface area contributed by atoms with Gasteiger partial charge in [-0.3, -0.25) is 4.48 Å². The average molecular weight is 373 g/mol. The Morgan fingerprint density at radius 1 is 0.923 bits per heavy atom. The largest absolute Gasteiger partial charge is 0.297 e. The van der Waals surface area contributed by atoms with Crippen molar-refractivity contribution in [1.82, 2.24) is 4.48 Å². The molecule has 1 aromatic rings. The summed E-state index contributed by atoms with van der Waals surface area (Å²) in [6, 6.07) is 4.16. The number of quaternary nitrogens is 1. The third-order valence-electron chi connectivity index (χ3n) is 1.74. The Hall–Kier alpha value is 0.620. The molecular weight excluding hydrogens is 362 g/mol. The maximum absolute atomic E-state index is 3.57. The van der Waals surface area contributed by atoms with E-state index >= 15 is 0 Å². The molecule has 4 heteroatoms. The van der Waals surface area contributed by atoms with Gasteiger partial charge in [0.05, 0.1) is 30.1 Å². The van der Waals surface area contributed by atoms with Crippen LogP contribution in [-0.4, -0.2) is 21.1 Å². The summed E-state index contributed by atoms with van der Waals surface area (Å²) in [7, 11) is 6.42. The molecule has 0 aromatic heterocycles. The molecule has 0 aliphatic carbocycles. The van der Waals surface area contributed by atoms with E-state index in [2.05, 4.69) is 75.0 Å². The highest BCUT2D eigenvalue weighted by Crippen LogP contribution is 2.38. The lowest BCUT2D eigenvalue weighted by molar-refractivity contribution is 0.484. The first kappa shape index (κ1) is 11.7. The number of benzene rings is 1. The smallest absolute Gasteiger partial charge is 0.147 e. The first-order valence-corrected chi connectivity index (χ1v) is 6.17. The molecule has 0 amide bonds. The molecular formula is C9H11Br3N+. The van der Waals surface area contributed by atoms with Crippen LogP contribution in [-0.2, 0) is 0 Å². The molecule has 0 spiro atoms. The minimum Gasteiger partial charge on any atom is -0.297 e. The third-order valence-corrected chi connectivity index (χ3v) is 5.09. The second-order valence-corrected chi connectivity index (χ2v) is 6.15. The first-order valence-electron chi connectivity index (χ1n) is 3.79. The van der Waals surface area contributed by atoms with E-state index in [0.29, 0.717) is 0 Å². The Bertz CT molecular complexity index is 328. The van der Waals surface area contributed by atoms with Gasteiger partial charge in [0.2, 0.25) is 0 Å². The number of hydrogen-bond donors (Lipinski definition) is 0. The van der Waals surface area contributed by atoms with E-state index in [9.17, 15) is 0 Å². The molecule has 0 heterocycles. The zero-order chi connectivity index (χ0) is 10.2. The summed E-state index contributed by atoms with van der Waals surface area (Å²) in [6.07, 6.45) is 0. The lowest BCUT2D eigenvalue weighted by Crippen LogP contribution is -2.35. The van der Waals surface area contributed by atoms with Crippen LogP contribution in [0.5, 0.6) is 0 Å². The molecule has 72 valence electrons. The summed E-state index contributed by atoms with van der Waals surface area (Å²) in [5, 5.41) is 0. The lowest BCUT2D eigenvalue weighted by atomic mass is 10.3. The molecule has 0 fully saturated rings. The molecule has 0 saturated heterocycles. The van der Waals surface area contributed by atoms with E-state index in [1.54, 1.807) is 0 Å². The van der Waals surface area contributed by atoms with E-state index in [0.717, 1.165) is 17.9 Å². The summed E-state index contributed by atoms with van der Waals surface area (Å²) < 4.78 is 4.04. The summed E-state index contributed by atoms with van der Waals surface area (Å²) in [5.41, 5.74) is 1.25. The Labute approximate surface area is 104 Å². The molecule has 0 unspecified atom stereocenters. The topological polar surface area (TPSA) is 0 Å². The second-order valence-electron chi connectivity index (χ2n) is 3.71. The van der Waals surface area contributed by atoms with Crippen LogP contribution >= 0.6 is 47.8 Å². The maximum atomic E-state index is 3.57. The van der Waals surface area contributed by atoms with Crippen molar-refractivity contribution in [3.8, 4) is 0 Å². The van der Waals surface area contributed by atoms with Crippen LogP contribution < -0.4 is 4.48 Å². The molecule has 0 saturated carbocycles. The van der Waals surface area contributed by atoms with Crippen molar-refractivity contribution < 1.29 is 0 Å². The van der Waals surface area contributed by atoms with Gasteiger partial charge in [-0.05, 0) is 53.9 Å². The highest BCUT2D eigenvalue weighted by Gasteiger charge is 2.19. The Balaban J connectivity index is 3.35. The highest BCUT2D eigenvalue weighted by molar-refractivity contribution is 9.14. The zero-order valence-electron chi connectivity index (χ0n) is 7.74. The molecule has 0 radical (unpaired) electrons. The second kappa shape index (κ2) is 4.01. The molecule has 0 bridgehead atoms. The molecule has 1 rings (SSSR count). The van der Waals surface area contributed by atoms with Crippen molar-refractivity contribution in [2.24, 2.45) is 0 Å². The van der Waals surface area contributed by atoms with Crippen LogP contribution in [0.1, 0.15) is 0 Å². The van der Waals surface area contributed by atoms with Crippen molar-refractivity contribution >= 4 is 53.5 Å². The number of hydrogen-bond acceptors (Lipinski definition) is 0. The maximum Gasteiger partial charge on any atom is 0.147 e. The summed E-state index contributed by atoms with van der Waals surface area (Å²) in [5.74, 6) is 0. The van der Waals surface area contributed by atoms with E-state index < -0.39 is 0 Å². The van der Waals surface area contributed by atoms with E-state index in [1.807, 2.05) is 6.07 Å². The van der Waals surface area contributed by atoms with Gasteiger partial charge < -0.3 is 0 Å². The summed E-state index contributed by atoms with van der Waals surface area (Å²) in [6.45, 7) is 0. The Morgan fingerprint density at radius 3 is 1.92 bits per heavy atom. The molecule has 0 N–H and O–H groups in total. The fraction of sp³-hybridized carbons (Fsp3) is 0.333. The SMILES string of the molecule is C[N+](C)(C)c1ccc(Br)c(Br)c1Br. The van der Waals surface area contributed by atoms with Crippen LogP contribution in [0.3, 0.4) is 0 Å². The fourth-order valence-corrected chi connectivity index (χ4v) is 2.84. The predicted octanol–water partition coefficient (Wildman–Crippen LogP) is 4.17. The van der Waals surface area contributed by atoms with Crippen molar-refractivity contribution in [3.63, 3.8) is 0 Å². The van der Waals surface area contributed by atoms with E-state index in [1.165, 1.54) is 5.69 Å². The van der Waals surface area contributed by atoms with Crippen LogP contribution in [0.25, 0.3) is 0 Å². The van der Waals surface area contributed by atoms with Crippen LogP contribution in [0.2, 0.25) is 0 Å². The number of rotatable bonds is 1. The van der Waals surface area contributed by atoms with Crippen molar-refractivity contribution in [2.75, 3.05) is 21.1 Å². The summed E-state index contributed by atoms with van der Waals surface area (Å²) >= 11 is 10.6. The molecule has 0 aliphatic rings. The molecule has 0 atom stereocenters. The van der Waals surface area contributed by atoms with Crippen LogP contribution in [0.4, 0.5) is 5.69 Å². The van der Waals surface area contributed by atoms with E-state index in [4.69, 9.17) is 0 Å². The van der Waals surface area contributed by atoms with E-state index in [-0.39, 0.29) is 0 Å². The molecule has 1 aromatic carbocycles. The van der Waals surface area contributed by atoms with Gasteiger partial charge in [-0.2, -0.15) is 0 Å². The average Bonchev–Trinajstić information content (AvgIpc) is 1.98. The lowest BCUT2D eigenvalue weighted by Gasteiger charge is -2.25. The monoisotopic (exact) mass is 370 g/mol. The molecule has 0 aliphatic heterocycles. The molecule has 13 heavy (non-hydrogen) atoms. The van der Waals surface area contributed by atoms with Crippen molar-refractivity contribution in [3.05, 3.63) is 25.6 Å². The highest BCUT2D eigenvalue weighted by atomic mass is 79.9.